The maximum atomic E-state index is 11.2. The number of nitrogens with zero attached hydrogens (tertiary/aromatic N) is 4. The highest BCUT2D eigenvalue weighted by molar-refractivity contribution is 5.67. The predicted octanol–water partition coefficient (Wildman–Crippen LogP) is 1.27. The summed E-state index contributed by atoms with van der Waals surface area (Å²) in [6.45, 7) is 0. The monoisotopic (exact) mass is 265 g/mol. The Labute approximate surface area is 114 Å². The predicted molar refractivity (Wildman–Crippen MR) is 75.3 cm³/mol. The third-order valence-electron chi connectivity index (χ3n) is 2.78. The van der Waals surface area contributed by atoms with Gasteiger partial charge in [-0.15, -0.1) is 10.2 Å². The number of aromatic nitrogens is 4. The van der Waals surface area contributed by atoms with Gasteiger partial charge in [-0.25, -0.2) is 4.98 Å². The van der Waals surface area contributed by atoms with Gasteiger partial charge in [0.25, 0.3) is 0 Å². The standard InChI is InChI=1S/C14H11N5O/c15-14-16-12(10-4-2-1-3-5-10)13(17-18-14)19-8-6-11(20)7-9-19/h1-9H,(H2,15,16,18). The Kier molecular flexibility index (Phi) is 2.96. The summed E-state index contributed by atoms with van der Waals surface area (Å²) >= 11 is 0. The molecule has 0 aliphatic carbocycles. The highest BCUT2D eigenvalue weighted by Crippen LogP contribution is 2.22. The lowest BCUT2D eigenvalue weighted by molar-refractivity contribution is 0.886. The fourth-order valence-corrected chi connectivity index (χ4v) is 1.85. The number of nitrogens with two attached hydrogens (primary N) is 1. The van der Waals surface area contributed by atoms with E-state index in [4.69, 9.17) is 5.73 Å². The zero-order valence-corrected chi connectivity index (χ0v) is 10.5. The second-order valence-corrected chi connectivity index (χ2v) is 4.15. The molecule has 0 aliphatic rings. The molecule has 0 bridgehead atoms. The largest absolute Gasteiger partial charge is 0.366 e. The van der Waals surface area contributed by atoms with E-state index in [1.807, 2.05) is 30.3 Å². The summed E-state index contributed by atoms with van der Waals surface area (Å²) in [4.78, 5) is 15.4. The lowest BCUT2D eigenvalue weighted by Crippen LogP contribution is -2.09. The summed E-state index contributed by atoms with van der Waals surface area (Å²) in [6.07, 6.45) is 3.24. The minimum atomic E-state index is -0.0705. The minimum Gasteiger partial charge on any atom is -0.366 e. The van der Waals surface area contributed by atoms with Crippen LogP contribution in [-0.2, 0) is 0 Å². The van der Waals surface area contributed by atoms with Crippen LogP contribution in [0.15, 0.2) is 59.7 Å². The van der Waals surface area contributed by atoms with E-state index in [-0.39, 0.29) is 11.4 Å². The number of hydrogen-bond donors (Lipinski definition) is 1. The van der Waals surface area contributed by atoms with Crippen molar-refractivity contribution >= 4 is 5.95 Å². The molecule has 2 N–H and O–H groups in total. The number of benzene rings is 1. The first-order valence-corrected chi connectivity index (χ1v) is 5.98. The molecule has 0 unspecified atom stereocenters. The highest BCUT2D eigenvalue weighted by Gasteiger charge is 2.11. The minimum absolute atomic E-state index is 0.0705. The summed E-state index contributed by atoms with van der Waals surface area (Å²) in [7, 11) is 0. The lowest BCUT2D eigenvalue weighted by atomic mass is 10.1. The normalized spacial score (nSPS) is 10.4. The van der Waals surface area contributed by atoms with Crippen LogP contribution < -0.4 is 11.2 Å². The van der Waals surface area contributed by atoms with Gasteiger partial charge < -0.3 is 10.3 Å². The second kappa shape index (κ2) is 4.93. The first-order chi connectivity index (χ1) is 9.74. The molecular formula is C14H11N5O. The van der Waals surface area contributed by atoms with E-state index in [0.717, 1.165) is 5.56 Å². The molecule has 3 rings (SSSR count). The van der Waals surface area contributed by atoms with Crippen molar-refractivity contribution in [2.75, 3.05) is 5.73 Å². The van der Waals surface area contributed by atoms with Gasteiger partial charge in [-0.3, -0.25) is 4.79 Å². The molecule has 6 heteroatoms. The van der Waals surface area contributed by atoms with Gasteiger partial charge in [-0.2, -0.15) is 0 Å². The summed E-state index contributed by atoms with van der Waals surface area (Å²) < 4.78 is 1.68. The Hall–Kier alpha value is -3.02. The van der Waals surface area contributed by atoms with Crippen molar-refractivity contribution in [1.82, 2.24) is 19.7 Å². The summed E-state index contributed by atoms with van der Waals surface area (Å²) in [5.74, 6) is 0.624. The topological polar surface area (TPSA) is 86.7 Å². The van der Waals surface area contributed by atoms with Crippen molar-refractivity contribution in [3.05, 3.63) is 65.1 Å². The quantitative estimate of drug-likeness (QED) is 0.754. The van der Waals surface area contributed by atoms with Crippen LogP contribution in [0.4, 0.5) is 5.95 Å². The molecule has 1 aromatic carbocycles. The molecule has 0 aliphatic heterocycles. The number of nitrogen functional groups attached to an aromatic ring is 1. The van der Waals surface area contributed by atoms with Crippen LogP contribution in [0.3, 0.4) is 0 Å². The van der Waals surface area contributed by atoms with E-state index in [2.05, 4.69) is 15.2 Å². The molecule has 0 spiro atoms. The van der Waals surface area contributed by atoms with E-state index in [1.54, 1.807) is 17.0 Å². The third-order valence-corrected chi connectivity index (χ3v) is 2.78. The molecule has 98 valence electrons. The maximum Gasteiger partial charge on any atom is 0.240 e. The Morgan fingerprint density at radius 3 is 2.35 bits per heavy atom. The van der Waals surface area contributed by atoms with Crippen molar-refractivity contribution in [2.24, 2.45) is 0 Å². The van der Waals surface area contributed by atoms with Crippen LogP contribution in [0.25, 0.3) is 17.1 Å². The Morgan fingerprint density at radius 1 is 0.950 bits per heavy atom. The van der Waals surface area contributed by atoms with E-state index in [0.29, 0.717) is 11.5 Å². The molecule has 2 heterocycles. The van der Waals surface area contributed by atoms with Gasteiger partial charge in [-0.05, 0) is 0 Å². The zero-order chi connectivity index (χ0) is 13.9. The van der Waals surface area contributed by atoms with Crippen LogP contribution >= 0.6 is 0 Å². The smallest absolute Gasteiger partial charge is 0.240 e. The van der Waals surface area contributed by atoms with Crippen molar-refractivity contribution in [3.8, 4) is 17.1 Å². The number of pyridine rings is 1. The van der Waals surface area contributed by atoms with Gasteiger partial charge in [0.05, 0.1) is 0 Å². The van der Waals surface area contributed by atoms with E-state index in [9.17, 15) is 4.79 Å². The van der Waals surface area contributed by atoms with E-state index >= 15 is 0 Å². The maximum absolute atomic E-state index is 11.2. The molecule has 6 nitrogen and oxygen atoms in total. The van der Waals surface area contributed by atoms with Crippen molar-refractivity contribution in [3.63, 3.8) is 0 Å². The van der Waals surface area contributed by atoms with E-state index < -0.39 is 0 Å². The fourth-order valence-electron chi connectivity index (χ4n) is 1.85. The van der Waals surface area contributed by atoms with Gasteiger partial charge in [0, 0.05) is 30.1 Å². The number of anilines is 1. The fraction of sp³-hybridized carbons (Fsp3) is 0. The SMILES string of the molecule is Nc1nnc(-n2ccc(=O)cc2)c(-c2ccccc2)n1. The molecule has 0 amide bonds. The average Bonchev–Trinajstić information content (AvgIpc) is 2.49. The van der Waals surface area contributed by atoms with Crippen molar-refractivity contribution in [2.45, 2.75) is 0 Å². The Morgan fingerprint density at radius 2 is 1.65 bits per heavy atom. The van der Waals surface area contributed by atoms with Crippen LogP contribution in [-0.4, -0.2) is 19.7 Å². The van der Waals surface area contributed by atoms with Gasteiger partial charge in [0.2, 0.25) is 5.95 Å². The molecule has 0 fully saturated rings. The van der Waals surface area contributed by atoms with Crippen molar-refractivity contribution in [1.29, 1.82) is 0 Å². The van der Waals surface area contributed by atoms with Crippen LogP contribution in [0.2, 0.25) is 0 Å². The lowest BCUT2D eigenvalue weighted by Gasteiger charge is -2.09. The van der Waals surface area contributed by atoms with Gasteiger partial charge in [0.1, 0.15) is 5.69 Å². The zero-order valence-electron chi connectivity index (χ0n) is 10.5. The third kappa shape index (κ3) is 2.26. The summed E-state index contributed by atoms with van der Waals surface area (Å²) in [5.41, 5.74) is 7.04. The van der Waals surface area contributed by atoms with E-state index in [1.165, 1.54) is 12.1 Å². The first kappa shape index (κ1) is 12.0. The van der Waals surface area contributed by atoms with Crippen LogP contribution in [0.5, 0.6) is 0 Å². The van der Waals surface area contributed by atoms with Gasteiger partial charge in [0.15, 0.2) is 11.2 Å². The molecule has 0 saturated heterocycles. The first-order valence-electron chi connectivity index (χ1n) is 5.98. The van der Waals surface area contributed by atoms with Crippen molar-refractivity contribution < 1.29 is 0 Å². The van der Waals surface area contributed by atoms with Gasteiger partial charge >= 0.3 is 0 Å². The Bertz CT molecular complexity index is 778. The summed E-state index contributed by atoms with van der Waals surface area (Å²) in [5, 5.41) is 7.86. The second-order valence-electron chi connectivity index (χ2n) is 4.15. The van der Waals surface area contributed by atoms with Crippen LogP contribution in [0.1, 0.15) is 0 Å². The molecule has 20 heavy (non-hydrogen) atoms. The highest BCUT2D eigenvalue weighted by atomic mass is 16.1. The Balaban J connectivity index is 2.21. The molecule has 3 aromatic rings. The number of hydrogen-bond acceptors (Lipinski definition) is 5. The van der Waals surface area contributed by atoms with Crippen LogP contribution in [0, 0.1) is 0 Å². The molecule has 0 radical (unpaired) electrons. The van der Waals surface area contributed by atoms with Gasteiger partial charge in [-0.1, -0.05) is 30.3 Å². The molecule has 0 atom stereocenters. The average molecular weight is 265 g/mol. The molecular weight excluding hydrogens is 254 g/mol. The molecule has 2 aromatic heterocycles. The molecule has 0 saturated carbocycles. The number of rotatable bonds is 2. The summed E-state index contributed by atoms with van der Waals surface area (Å²) in [6, 6.07) is 12.5.